The minimum atomic E-state index is 0.158. The maximum atomic E-state index is 6.16. The number of para-hydroxylation sites is 2. The molecule has 0 aliphatic carbocycles. The molecule has 2 aromatic carbocycles. The number of nitrogens with one attached hydrogen (secondary N) is 1. The molecule has 1 unspecified atom stereocenters. The van der Waals surface area contributed by atoms with E-state index in [1.807, 2.05) is 6.07 Å². The Labute approximate surface area is 112 Å². The Bertz CT molecular complexity index is 729. The van der Waals surface area contributed by atoms with Crippen molar-refractivity contribution >= 4 is 10.9 Å². The molecule has 2 nitrogen and oxygen atoms in total. The van der Waals surface area contributed by atoms with Crippen molar-refractivity contribution in [2.75, 3.05) is 0 Å². The zero-order chi connectivity index (χ0) is 12.7. The van der Waals surface area contributed by atoms with Gasteiger partial charge in [-0.2, -0.15) is 0 Å². The van der Waals surface area contributed by atoms with Gasteiger partial charge in [-0.25, -0.2) is 0 Å². The van der Waals surface area contributed by atoms with E-state index in [2.05, 4.69) is 53.6 Å². The molecule has 19 heavy (non-hydrogen) atoms. The summed E-state index contributed by atoms with van der Waals surface area (Å²) in [5.41, 5.74) is 3.77. The van der Waals surface area contributed by atoms with Crippen molar-refractivity contribution in [2.45, 2.75) is 18.9 Å². The highest BCUT2D eigenvalue weighted by molar-refractivity contribution is 5.83. The van der Waals surface area contributed by atoms with Gasteiger partial charge in [-0.05, 0) is 30.5 Å². The normalized spacial score (nSPS) is 18.0. The molecule has 0 bridgehead atoms. The van der Waals surface area contributed by atoms with Crippen molar-refractivity contribution in [1.82, 2.24) is 4.98 Å². The number of aromatic amines is 1. The van der Waals surface area contributed by atoms with Crippen molar-refractivity contribution < 1.29 is 4.74 Å². The molecule has 94 valence electrons. The van der Waals surface area contributed by atoms with Gasteiger partial charge in [0.15, 0.2) is 0 Å². The second-order valence-corrected chi connectivity index (χ2v) is 5.04. The highest BCUT2D eigenvalue weighted by Crippen LogP contribution is 2.37. The summed E-state index contributed by atoms with van der Waals surface area (Å²) in [6.07, 6.45) is 4.37. The predicted octanol–water partition coefficient (Wildman–Crippen LogP) is 4.23. The number of rotatable bonds is 1. The first kappa shape index (κ1) is 10.7. The number of H-pyrrole nitrogens is 1. The first-order chi connectivity index (χ1) is 9.42. The van der Waals surface area contributed by atoms with Gasteiger partial charge in [-0.15, -0.1) is 0 Å². The number of aryl methyl sites for hydroxylation is 1. The van der Waals surface area contributed by atoms with Crippen LogP contribution in [-0.2, 0) is 6.42 Å². The van der Waals surface area contributed by atoms with Crippen LogP contribution in [0, 0.1) is 0 Å². The van der Waals surface area contributed by atoms with Crippen LogP contribution in [0.1, 0.15) is 23.7 Å². The van der Waals surface area contributed by atoms with Gasteiger partial charge in [0.1, 0.15) is 11.9 Å². The number of hydrogen-bond donors (Lipinski definition) is 1. The van der Waals surface area contributed by atoms with Crippen LogP contribution in [0.15, 0.2) is 54.7 Å². The van der Waals surface area contributed by atoms with E-state index in [0.29, 0.717) is 0 Å². The van der Waals surface area contributed by atoms with Crippen LogP contribution in [0.25, 0.3) is 10.9 Å². The van der Waals surface area contributed by atoms with Crippen LogP contribution >= 0.6 is 0 Å². The van der Waals surface area contributed by atoms with Crippen LogP contribution in [0.3, 0.4) is 0 Å². The van der Waals surface area contributed by atoms with Gasteiger partial charge in [0, 0.05) is 22.7 Å². The topological polar surface area (TPSA) is 25.0 Å². The zero-order valence-corrected chi connectivity index (χ0v) is 10.6. The molecule has 0 fully saturated rings. The molecule has 1 atom stereocenters. The summed E-state index contributed by atoms with van der Waals surface area (Å²) >= 11 is 0. The molecule has 4 rings (SSSR count). The van der Waals surface area contributed by atoms with E-state index < -0.39 is 0 Å². The quantitative estimate of drug-likeness (QED) is 0.685. The molecule has 1 N–H and O–H groups in total. The van der Waals surface area contributed by atoms with E-state index in [1.54, 1.807) is 0 Å². The summed E-state index contributed by atoms with van der Waals surface area (Å²) in [5, 5.41) is 1.27. The monoisotopic (exact) mass is 249 g/mol. The minimum Gasteiger partial charge on any atom is -0.485 e. The second kappa shape index (κ2) is 4.16. The smallest absolute Gasteiger partial charge is 0.126 e. The number of ether oxygens (including phenoxy) is 1. The molecule has 1 aliphatic heterocycles. The van der Waals surface area contributed by atoms with Crippen molar-refractivity contribution in [3.63, 3.8) is 0 Å². The average molecular weight is 249 g/mol. The molecule has 0 spiro atoms. The number of benzene rings is 2. The standard InChI is InChI=1S/C17H15NO/c1-4-8-16-12(5-1)9-10-17(19-16)14-11-18-15-7-3-2-6-13(14)15/h1-8,11,17-18H,9-10H2. The first-order valence-corrected chi connectivity index (χ1v) is 6.72. The first-order valence-electron chi connectivity index (χ1n) is 6.72. The Morgan fingerprint density at radius 1 is 1.00 bits per heavy atom. The van der Waals surface area contributed by atoms with Crippen LogP contribution in [0.2, 0.25) is 0 Å². The highest BCUT2D eigenvalue weighted by atomic mass is 16.5. The van der Waals surface area contributed by atoms with Gasteiger partial charge in [0.25, 0.3) is 0 Å². The van der Waals surface area contributed by atoms with E-state index in [9.17, 15) is 0 Å². The number of aromatic nitrogens is 1. The van der Waals surface area contributed by atoms with Crippen molar-refractivity contribution in [3.8, 4) is 5.75 Å². The third-order valence-corrected chi connectivity index (χ3v) is 3.89. The van der Waals surface area contributed by atoms with E-state index in [-0.39, 0.29) is 6.10 Å². The molecule has 0 amide bonds. The summed E-state index contributed by atoms with van der Waals surface area (Å²) in [5.74, 6) is 1.03. The molecular formula is C17H15NO. The molecule has 3 aromatic rings. The average Bonchev–Trinajstić information content (AvgIpc) is 2.91. The van der Waals surface area contributed by atoms with Crippen LogP contribution in [-0.4, -0.2) is 4.98 Å². The Balaban J connectivity index is 1.75. The zero-order valence-electron chi connectivity index (χ0n) is 10.6. The Kier molecular flexibility index (Phi) is 2.34. The predicted molar refractivity (Wildman–Crippen MR) is 76.4 cm³/mol. The van der Waals surface area contributed by atoms with Gasteiger partial charge in [-0.1, -0.05) is 36.4 Å². The van der Waals surface area contributed by atoms with Crippen LogP contribution < -0.4 is 4.74 Å². The molecule has 2 heteroatoms. The Morgan fingerprint density at radius 2 is 1.84 bits per heavy atom. The molecular weight excluding hydrogens is 234 g/mol. The highest BCUT2D eigenvalue weighted by Gasteiger charge is 2.23. The summed E-state index contributed by atoms with van der Waals surface area (Å²) < 4.78 is 6.16. The third-order valence-electron chi connectivity index (χ3n) is 3.89. The van der Waals surface area contributed by atoms with Crippen molar-refractivity contribution in [3.05, 3.63) is 65.9 Å². The molecule has 0 saturated carbocycles. The third kappa shape index (κ3) is 1.72. The summed E-state index contributed by atoms with van der Waals surface area (Å²) in [4.78, 5) is 3.33. The minimum absolute atomic E-state index is 0.158. The Morgan fingerprint density at radius 3 is 2.84 bits per heavy atom. The molecule has 1 aromatic heterocycles. The Hall–Kier alpha value is -2.22. The molecule has 0 radical (unpaired) electrons. The lowest BCUT2D eigenvalue weighted by atomic mass is 9.97. The van der Waals surface area contributed by atoms with Crippen LogP contribution in [0.4, 0.5) is 0 Å². The van der Waals surface area contributed by atoms with E-state index in [1.165, 1.54) is 22.0 Å². The fraction of sp³-hybridized carbons (Fsp3) is 0.176. The lowest BCUT2D eigenvalue weighted by Crippen LogP contribution is -2.14. The molecule has 1 aliphatic rings. The molecule has 2 heterocycles. The SMILES string of the molecule is c1ccc2c(c1)CCC(c1c[nH]c3ccccc13)O2. The summed E-state index contributed by atoms with van der Waals surface area (Å²) in [7, 11) is 0. The van der Waals surface area contributed by atoms with Gasteiger partial charge in [0.2, 0.25) is 0 Å². The number of fused-ring (bicyclic) bond motifs is 2. The van der Waals surface area contributed by atoms with Crippen LogP contribution in [0.5, 0.6) is 5.75 Å². The molecule has 0 saturated heterocycles. The summed E-state index contributed by atoms with van der Waals surface area (Å²) in [6, 6.07) is 16.7. The van der Waals surface area contributed by atoms with Gasteiger partial charge < -0.3 is 9.72 Å². The van der Waals surface area contributed by atoms with Crippen molar-refractivity contribution in [1.29, 1.82) is 0 Å². The van der Waals surface area contributed by atoms with Gasteiger partial charge in [0.05, 0.1) is 0 Å². The van der Waals surface area contributed by atoms with E-state index >= 15 is 0 Å². The van der Waals surface area contributed by atoms with Crippen molar-refractivity contribution in [2.24, 2.45) is 0 Å². The fourth-order valence-corrected chi connectivity index (χ4v) is 2.90. The van der Waals surface area contributed by atoms with Gasteiger partial charge >= 0.3 is 0 Å². The second-order valence-electron chi connectivity index (χ2n) is 5.04. The lowest BCUT2D eigenvalue weighted by molar-refractivity contribution is 0.178. The number of hydrogen-bond acceptors (Lipinski definition) is 1. The van der Waals surface area contributed by atoms with E-state index in [4.69, 9.17) is 4.74 Å². The van der Waals surface area contributed by atoms with E-state index in [0.717, 1.165) is 18.6 Å². The summed E-state index contributed by atoms with van der Waals surface area (Å²) in [6.45, 7) is 0. The van der Waals surface area contributed by atoms with Gasteiger partial charge in [-0.3, -0.25) is 0 Å². The fourth-order valence-electron chi connectivity index (χ4n) is 2.90. The lowest BCUT2D eigenvalue weighted by Gasteiger charge is -2.25. The maximum Gasteiger partial charge on any atom is 0.126 e. The largest absolute Gasteiger partial charge is 0.485 e. The maximum absolute atomic E-state index is 6.16.